The Balaban J connectivity index is 2.39. The Labute approximate surface area is 178 Å². The van der Waals surface area contributed by atoms with E-state index in [1.54, 1.807) is 40.1 Å². The molecule has 0 aliphatic rings. The van der Waals surface area contributed by atoms with Gasteiger partial charge in [0.25, 0.3) is 11.1 Å². The maximum absolute atomic E-state index is 13.1. The first-order chi connectivity index (χ1) is 14.6. The Hall–Kier alpha value is -3.81. The van der Waals surface area contributed by atoms with Crippen molar-refractivity contribution in [2.24, 2.45) is 14.1 Å². The Morgan fingerprint density at radius 2 is 1.29 bits per heavy atom. The molecule has 0 saturated carbocycles. The molecule has 31 heavy (non-hydrogen) atoms. The molecule has 3 aromatic rings. The summed E-state index contributed by atoms with van der Waals surface area (Å²) in [5.41, 5.74) is 0.708. The quantitative estimate of drug-likeness (QED) is 0.621. The predicted octanol–water partition coefficient (Wildman–Crippen LogP) is 2.08. The molecule has 2 heterocycles. The Morgan fingerprint density at radius 1 is 0.871 bits per heavy atom. The van der Waals surface area contributed by atoms with Gasteiger partial charge in [-0.25, -0.2) is 4.79 Å². The molecule has 2 aromatic heterocycles. The van der Waals surface area contributed by atoms with Crippen molar-refractivity contribution >= 4 is 5.97 Å². The molecule has 0 bridgehead atoms. The number of rotatable bonds is 4. The van der Waals surface area contributed by atoms with E-state index in [1.165, 1.54) is 40.5 Å². The van der Waals surface area contributed by atoms with Crippen LogP contribution in [0.2, 0.25) is 0 Å². The molecule has 0 unspecified atom stereocenters. The molecule has 0 atom stereocenters. The summed E-state index contributed by atoms with van der Waals surface area (Å²) in [6.45, 7) is 3.35. The highest BCUT2D eigenvalue weighted by Crippen LogP contribution is 2.37. The minimum atomic E-state index is -1.06. The highest BCUT2D eigenvalue weighted by atomic mass is 16.5. The van der Waals surface area contributed by atoms with Gasteiger partial charge < -0.3 is 24.1 Å². The molecular weight excluding hydrogens is 400 g/mol. The van der Waals surface area contributed by atoms with Gasteiger partial charge in [0.2, 0.25) is 0 Å². The van der Waals surface area contributed by atoms with Crippen LogP contribution in [-0.2, 0) is 18.8 Å². The number of hydrogen-bond acceptors (Lipinski definition) is 6. The molecule has 8 nitrogen and oxygen atoms in total. The lowest BCUT2D eigenvalue weighted by atomic mass is 9.84. The van der Waals surface area contributed by atoms with E-state index < -0.39 is 23.0 Å². The highest BCUT2D eigenvalue weighted by Gasteiger charge is 2.30. The molecule has 0 spiro atoms. The van der Waals surface area contributed by atoms with Crippen LogP contribution in [0, 0.1) is 13.8 Å². The van der Waals surface area contributed by atoms with Crippen molar-refractivity contribution in [2.75, 3.05) is 7.11 Å². The van der Waals surface area contributed by atoms with Crippen molar-refractivity contribution in [3.8, 4) is 11.5 Å². The van der Waals surface area contributed by atoms with E-state index in [0.717, 1.165) is 0 Å². The van der Waals surface area contributed by atoms with Crippen molar-refractivity contribution in [2.45, 2.75) is 19.8 Å². The van der Waals surface area contributed by atoms with Gasteiger partial charge in [-0.3, -0.25) is 9.59 Å². The van der Waals surface area contributed by atoms with Gasteiger partial charge in [0, 0.05) is 25.5 Å². The molecule has 3 rings (SSSR count). The second-order valence-corrected chi connectivity index (χ2v) is 7.44. The topological polar surface area (TPSA) is 111 Å². The van der Waals surface area contributed by atoms with E-state index in [0.29, 0.717) is 17.0 Å². The van der Waals surface area contributed by atoms with Gasteiger partial charge in [-0.15, -0.1) is 0 Å². The van der Waals surface area contributed by atoms with Gasteiger partial charge in [-0.1, -0.05) is 12.1 Å². The molecule has 0 aliphatic heterocycles. The Morgan fingerprint density at radius 3 is 1.68 bits per heavy atom. The lowest BCUT2D eigenvalue weighted by molar-refractivity contribution is 0.0600. The molecule has 162 valence electrons. The van der Waals surface area contributed by atoms with Crippen LogP contribution in [0.1, 0.15) is 44.4 Å². The second kappa shape index (κ2) is 8.14. The molecule has 8 heteroatoms. The van der Waals surface area contributed by atoms with Crippen LogP contribution in [0.5, 0.6) is 11.5 Å². The van der Waals surface area contributed by atoms with Crippen LogP contribution in [0.25, 0.3) is 0 Å². The van der Waals surface area contributed by atoms with Crippen molar-refractivity contribution in [3.05, 3.63) is 90.7 Å². The summed E-state index contributed by atoms with van der Waals surface area (Å²) in [5, 5.41) is 21.4. The van der Waals surface area contributed by atoms with Gasteiger partial charge in [-0.05, 0) is 43.7 Å². The number of methoxy groups -OCH3 is 1. The number of aromatic hydroxyl groups is 2. The lowest BCUT2D eigenvalue weighted by Gasteiger charge is -2.22. The number of benzene rings is 1. The van der Waals surface area contributed by atoms with Crippen LogP contribution >= 0.6 is 0 Å². The van der Waals surface area contributed by atoms with Gasteiger partial charge in [-0.2, -0.15) is 0 Å². The molecule has 0 saturated heterocycles. The van der Waals surface area contributed by atoms with Gasteiger partial charge >= 0.3 is 5.97 Å². The van der Waals surface area contributed by atoms with Crippen LogP contribution < -0.4 is 11.1 Å². The van der Waals surface area contributed by atoms with Crippen molar-refractivity contribution in [3.63, 3.8) is 0 Å². The summed E-state index contributed by atoms with van der Waals surface area (Å²) in [5.74, 6) is -2.18. The normalized spacial score (nSPS) is 11.0. The lowest BCUT2D eigenvalue weighted by Crippen LogP contribution is -2.30. The van der Waals surface area contributed by atoms with E-state index in [-0.39, 0.29) is 28.2 Å². The maximum atomic E-state index is 13.1. The summed E-state index contributed by atoms with van der Waals surface area (Å²) in [7, 11) is 4.39. The van der Waals surface area contributed by atoms with Gasteiger partial charge in [0.1, 0.15) is 11.5 Å². The van der Waals surface area contributed by atoms with Gasteiger partial charge in [0.05, 0.1) is 29.7 Å². The second-order valence-electron chi connectivity index (χ2n) is 7.44. The first-order valence-corrected chi connectivity index (χ1v) is 9.55. The minimum Gasteiger partial charge on any atom is -0.507 e. The van der Waals surface area contributed by atoms with E-state index in [1.807, 2.05) is 0 Å². The number of carbonyl (C=O) groups excluding carboxylic acids is 1. The molecule has 1 aromatic carbocycles. The number of pyridine rings is 2. The molecule has 0 amide bonds. The number of aromatic nitrogens is 2. The van der Waals surface area contributed by atoms with Crippen LogP contribution in [-0.4, -0.2) is 32.4 Å². The zero-order chi connectivity index (χ0) is 23.0. The number of ether oxygens (including phenoxy) is 1. The summed E-state index contributed by atoms with van der Waals surface area (Å²) in [6.07, 6.45) is 0. The molecular formula is C23H24N2O6. The molecule has 2 N–H and O–H groups in total. The summed E-state index contributed by atoms with van der Waals surface area (Å²) in [6, 6.07) is 8.99. The fourth-order valence-corrected chi connectivity index (χ4v) is 3.60. The predicted molar refractivity (Wildman–Crippen MR) is 115 cm³/mol. The number of nitrogens with zero attached hydrogens (tertiary/aromatic N) is 2. The van der Waals surface area contributed by atoms with E-state index in [4.69, 9.17) is 4.74 Å². The number of hydrogen-bond donors (Lipinski definition) is 2. The largest absolute Gasteiger partial charge is 0.507 e. The number of esters is 1. The summed E-state index contributed by atoms with van der Waals surface area (Å²) < 4.78 is 7.44. The highest BCUT2D eigenvalue weighted by molar-refractivity contribution is 5.89. The van der Waals surface area contributed by atoms with Crippen LogP contribution in [0.15, 0.2) is 46.0 Å². The third kappa shape index (κ3) is 3.72. The van der Waals surface area contributed by atoms with Crippen LogP contribution in [0.3, 0.4) is 0 Å². The zero-order valence-corrected chi connectivity index (χ0v) is 18.0. The third-order valence-electron chi connectivity index (χ3n) is 5.61. The monoisotopic (exact) mass is 424 g/mol. The van der Waals surface area contributed by atoms with Crippen molar-refractivity contribution in [1.82, 2.24) is 9.13 Å². The Kier molecular flexibility index (Phi) is 5.75. The Bertz CT molecular complexity index is 1210. The molecule has 0 aliphatic carbocycles. The van der Waals surface area contributed by atoms with Crippen LogP contribution in [0.4, 0.5) is 0 Å². The SMILES string of the molecule is COC(=O)c1ccc(C(c2c(O)cc(C)n(C)c2=O)c2c(O)cc(C)n(C)c2=O)cc1. The van der Waals surface area contributed by atoms with Gasteiger partial charge in [0.15, 0.2) is 0 Å². The van der Waals surface area contributed by atoms with Crippen molar-refractivity contribution in [1.29, 1.82) is 0 Å². The standard InChI is InChI=1S/C23H24N2O6/c1-12-10-16(26)19(21(28)24(12)3)18(14-6-8-15(9-7-14)23(30)31-5)20-17(27)11-13(2)25(4)22(20)29/h6-11,18,26-27H,1-5H3. The minimum absolute atomic E-state index is 0.0461. The van der Waals surface area contributed by atoms with E-state index in [2.05, 4.69) is 0 Å². The third-order valence-corrected chi connectivity index (χ3v) is 5.61. The number of carbonyl (C=O) groups is 1. The fraction of sp³-hybridized carbons (Fsp3) is 0.261. The zero-order valence-electron chi connectivity index (χ0n) is 18.0. The average molecular weight is 424 g/mol. The first kappa shape index (κ1) is 21.9. The molecule has 0 radical (unpaired) electrons. The average Bonchev–Trinajstić information content (AvgIpc) is 2.74. The van der Waals surface area contributed by atoms with E-state index in [9.17, 15) is 24.6 Å². The first-order valence-electron chi connectivity index (χ1n) is 9.55. The summed E-state index contributed by atoms with van der Waals surface area (Å²) in [4.78, 5) is 38.1. The fourth-order valence-electron chi connectivity index (χ4n) is 3.60. The van der Waals surface area contributed by atoms with Crippen molar-refractivity contribution < 1.29 is 19.7 Å². The summed E-state index contributed by atoms with van der Waals surface area (Å²) >= 11 is 0. The van der Waals surface area contributed by atoms with E-state index >= 15 is 0 Å². The molecule has 0 fully saturated rings. The maximum Gasteiger partial charge on any atom is 0.337 e. The number of aryl methyl sites for hydroxylation is 2. The smallest absolute Gasteiger partial charge is 0.337 e.